The number of hydrogen-bond donors (Lipinski definition) is 1. The second-order valence-electron chi connectivity index (χ2n) is 4.80. The normalized spacial score (nSPS) is 10.9. The molecule has 0 radical (unpaired) electrons. The Morgan fingerprint density at radius 2 is 1.83 bits per heavy atom. The zero-order valence-electron chi connectivity index (χ0n) is 11.4. The van der Waals surface area contributed by atoms with Crippen LogP contribution in [-0.4, -0.2) is 19.2 Å². The maximum atomic E-state index is 5.72. The van der Waals surface area contributed by atoms with Crippen LogP contribution in [0.25, 0.3) is 0 Å². The van der Waals surface area contributed by atoms with Crippen molar-refractivity contribution in [3.63, 3.8) is 0 Å². The molecule has 1 N–H and O–H groups in total. The van der Waals surface area contributed by atoms with Crippen molar-refractivity contribution < 1.29 is 4.74 Å². The second-order valence-corrected chi connectivity index (χ2v) is 5.66. The van der Waals surface area contributed by atoms with E-state index in [1.165, 1.54) is 19.3 Å². The lowest BCUT2D eigenvalue weighted by Crippen LogP contribution is -2.23. The van der Waals surface area contributed by atoms with E-state index >= 15 is 0 Å². The minimum Gasteiger partial charge on any atom is -0.492 e. The quantitative estimate of drug-likeness (QED) is 0.683. The van der Waals surface area contributed by atoms with E-state index in [9.17, 15) is 0 Å². The van der Waals surface area contributed by atoms with Gasteiger partial charge in [-0.05, 0) is 47.4 Å². The summed E-state index contributed by atoms with van der Waals surface area (Å²) in [6.45, 7) is 6.31. The molecule has 0 saturated carbocycles. The molecule has 0 aliphatic heterocycles. The van der Waals surface area contributed by atoms with Crippen LogP contribution in [0.3, 0.4) is 0 Å². The summed E-state index contributed by atoms with van der Waals surface area (Å²) in [6, 6.07) is 8.60. The number of benzene rings is 1. The summed E-state index contributed by atoms with van der Waals surface area (Å²) in [4.78, 5) is 0. The lowest BCUT2D eigenvalue weighted by atomic mass is 10.2. The Morgan fingerprint density at radius 3 is 2.56 bits per heavy atom. The van der Waals surface area contributed by atoms with E-state index in [4.69, 9.17) is 4.74 Å². The van der Waals surface area contributed by atoms with Gasteiger partial charge in [-0.15, -0.1) is 0 Å². The molecule has 1 aromatic carbocycles. The van der Waals surface area contributed by atoms with Crippen LogP contribution >= 0.6 is 15.9 Å². The highest BCUT2D eigenvalue weighted by Crippen LogP contribution is 2.23. The molecule has 0 saturated heterocycles. The smallest absolute Gasteiger partial charge is 0.133 e. The van der Waals surface area contributed by atoms with E-state index in [0.29, 0.717) is 6.04 Å². The maximum Gasteiger partial charge on any atom is 0.133 e. The molecule has 0 heterocycles. The van der Waals surface area contributed by atoms with Gasteiger partial charge in [0.25, 0.3) is 0 Å². The standard InChI is InChI=1S/C15H24BrNO/c1-13(2)17-11-7-3-4-8-12-18-15-10-6-5-9-14(15)16/h5-6,9-10,13,17H,3-4,7-8,11-12H2,1-2H3. The van der Waals surface area contributed by atoms with Crippen molar-refractivity contribution in [3.05, 3.63) is 28.7 Å². The summed E-state index contributed by atoms with van der Waals surface area (Å²) in [5.74, 6) is 0.943. The Morgan fingerprint density at radius 1 is 1.11 bits per heavy atom. The summed E-state index contributed by atoms with van der Waals surface area (Å²) in [7, 11) is 0. The first-order valence-corrected chi connectivity index (χ1v) is 7.60. The molecule has 3 heteroatoms. The van der Waals surface area contributed by atoms with Crippen LogP contribution in [0.1, 0.15) is 39.5 Å². The molecule has 0 aliphatic carbocycles. The fraction of sp³-hybridized carbons (Fsp3) is 0.600. The number of hydrogen-bond acceptors (Lipinski definition) is 2. The molecule has 0 spiro atoms. The minimum absolute atomic E-state index is 0.601. The van der Waals surface area contributed by atoms with Gasteiger partial charge in [-0.3, -0.25) is 0 Å². The SMILES string of the molecule is CC(C)NCCCCCCOc1ccccc1Br. The molecule has 1 rings (SSSR count). The largest absolute Gasteiger partial charge is 0.492 e. The van der Waals surface area contributed by atoms with Gasteiger partial charge in [0.1, 0.15) is 5.75 Å². The number of para-hydroxylation sites is 1. The molecule has 0 aromatic heterocycles. The third-order valence-corrected chi connectivity index (χ3v) is 3.37. The Kier molecular flexibility index (Phi) is 8.10. The number of nitrogens with one attached hydrogen (secondary N) is 1. The lowest BCUT2D eigenvalue weighted by Gasteiger charge is -2.09. The molecular weight excluding hydrogens is 290 g/mol. The fourth-order valence-corrected chi connectivity index (χ4v) is 2.11. The van der Waals surface area contributed by atoms with Crippen LogP contribution in [0.4, 0.5) is 0 Å². The Bertz CT molecular complexity index is 328. The van der Waals surface area contributed by atoms with Crippen molar-refractivity contribution in [3.8, 4) is 5.75 Å². The van der Waals surface area contributed by atoms with Crippen LogP contribution in [0.15, 0.2) is 28.7 Å². The Balaban J connectivity index is 1.98. The third-order valence-electron chi connectivity index (χ3n) is 2.72. The summed E-state index contributed by atoms with van der Waals surface area (Å²) in [6.07, 6.45) is 4.90. The Labute approximate surface area is 119 Å². The monoisotopic (exact) mass is 313 g/mol. The van der Waals surface area contributed by atoms with Gasteiger partial charge in [0.15, 0.2) is 0 Å². The number of rotatable bonds is 9. The van der Waals surface area contributed by atoms with Crippen molar-refractivity contribution in [2.45, 2.75) is 45.6 Å². The molecule has 0 atom stereocenters. The van der Waals surface area contributed by atoms with Crippen LogP contribution in [0.2, 0.25) is 0 Å². The molecule has 102 valence electrons. The molecule has 0 aliphatic rings. The van der Waals surface area contributed by atoms with Crippen LogP contribution in [0, 0.1) is 0 Å². The average molecular weight is 314 g/mol. The van der Waals surface area contributed by atoms with Crippen LogP contribution in [0.5, 0.6) is 5.75 Å². The highest BCUT2D eigenvalue weighted by Gasteiger charge is 1.98. The number of halogens is 1. The lowest BCUT2D eigenvalue weighted by molar-refractivity contribution is 0.302. The predicted octanol–water partition coefficient (Wildman–Crippen LogP) is 4.39. The van der Waals surface area contributed by atoms with Crippen LogP contribution < -0.4 is 10.1 Å². The van der Waals surface area contributed by atoms with Gasteiger partial charge in [0.05, 0.1) is 11.1 Å². The first kappa shape index (κ1) is 15.5. The van der Waals surface area contributed by atoms with Crippen molar-refractivity contribution in [1.29, 1.82) is 0 Å². The van der Waals surface area contributed by atoms with Crippen molar-refractivity contribution in [2.24, 2.45) is 0 Å². The first-order chi connectivity index (χ1) is 8.70. The van der Waals surface area contributed by atoms with Crippen molar-refractivity contribution >= 4 is 15.9 Å². The molecule has 0 unspecified atom stereocenters. The molecule has 1 aromatic rings. The van der Waals surface area contributed by atoms with E-state index in [1.807, 2.05) is 24.3 Å². The molecular formula is C15H24BrNO. The average Bonchev–Trinajstić information content (AvgIpc) is 2.34. The van der Waals surface area contributed by atoms with Gasteiger partial charge in [0.2, 0.25) is 0 Å². The highest BCUT2D eigenvalue weighted by molar-refractivity contribution is 9.10. The fourth-order valence-electron chi connectivity index (χ4n) is 1.72. The van der Waals surface area contributed by atoms with E-state index in [-0.39, 0.29) is 0 Å². The van der Waals surface area contributed by atoms with Crippen LogP contribution in [-0.2, 0) is 0 Å². The zero-order valence-corrected chi connectivity index (χ0v) is 13.0. The molecule has 0 amide bonds. The molecule has 2 nitrogen and oxygen atoms in total. The molecule has 0 bridgehead atoms. The second kappa shape index (κ2) is 9.40. The minimum atomic E-state index is 0.601. The number of unbranched alkanes of at least 4 members (excludes halogenated alkanes) is 3. The molecule has 0 fully saturated rings. The zero-order chi connectivity index (χ0) is 13.2. The summed E-state index contributed by atoms with van der Waals surface area (Å²) < 4.78 is 6.75. The van der Waals surface area contributed by atoms with Crippen molar-refractivity contribution in [1.82, 2.24) is 5.32 Å². The van der Waals surface area contributed by atoms with Crippen molar-refractivity contribution in [2.75, 3.05) is 13.2 Å². The summed E-state index contributed by atoms with van der Waals surface area (Å²) in [5.41, 5.74) is 0. The van der Waals surface area contributed by atoms with Gasteiger partial charge in [-0.2, -0.15) is 0 Å². The molecule has 18 heavy (non-hydrogen) atoms. The van der Waals surface area contributed by atoms with E-state index in [2.05, 4.69) is 35.1 Å². The van der Waals surface area contributed by atoms with E-state index in [0.717, 1.165) is 29.8 Å². The first-order valence-electron chi connectivity index (χ1n) is 6.81. The predicted molar refractivity (Wildman–Crippen MR) is 81.2 cm³/mol. The van der Waals surface area contributed by atoms with Gasteiger partial charge >= 0.3 is 0 Å². The van der Waals surface area contributed by atoms with Gasteiger partial charge in [0, 0.05) is 6.04 Å². The number of ether oxygens (including phenoxy) is 1. The van der Waals surface area contributed by atoms with E-state index < -0.39 is 0 Å². The van der Waals surface area contributed by atoms with E-state index in [1.54, 1.807) is 0 Å². The van der Waals surface area contributed by atoms with Gasteiger partial charge in [-0.25, -0.2) is 0 Å². The third kappa shape index (κ3) is 7.02. The topological polar surface area (TPSA) is 21.3 Å². The summed E-state index contributed by atoms with van der Waals surface area (Å²) >= 11 is 3.48. The highest BCUT2D eigenvalue weighted by atomic mass is 79.9. The summed E-state index contributed by atoms with van der Waals surface area (Å²) in [5, 5.41) is 3.43. The Hall–Kier alpha value is -0.540. The van der Waals surface area contributed by atoms with Gasteiger partial charge < -0.3 is 10.1 Å². The van der Waals surface area contributed by atoms with Gasteiger partial charge in [-0.1, -0.05) is 38.8 Å². The maximum absolute atomic E-state index is 5.72.